The van der Waals surface area contributed by atoms with E-state index < -0.39 is 23.5 Å². The van der Waals surface area contributed by atoms with E-state index in [4.69, 9.17) is 4.74 Å². The third-order valence-corrected chi connectivity index (χ3v) is 5.18. The predicted octanol–water partition coefficient (Wildman–Crippen LogP) is 3.09. The van der Waals surface area contributed by atoms with Crippen LogP contribution in [-0.4, -0.2) is 62.9 Å². The van der Waals surface area contributed by atoms with Crippen LogP contribution in [0, 0.1) is 0 Å². The van der Waals surface area contributed by atoms with Crippen LogP contribution in [-0.2, 0) is 22.3 Å². The third kappa shape index (κ3) is 5.01. The zero-order valence-electron chi connectivity index (χ0n) is 17.8. The molecule has 1 aliphatic heterocycles. The molecule has 178 valence electrons. The summed E-state index contributed by atoms with van der Waals surface area (Å²) in [5, 5.41) is 17.3. The van der Waals surface area contributed by atoms with Gasteiger partial charge in [0.15, 0.2) is 0 Å². The van der Waals surface area contributed by atoms with Crippen LogP contribution in [0.5, 0.6) is 0 Å². The SMILES string of the molecule is C=C(O)c1cc2nn(CC(=O)N3CCOCC3)cc2cc1NC(=O)c1cccc(C(F)(F)F)n1. The number of carbonyl (C=O) groups excluding carboxylic acids is 2. The number of alkyl halides is 3. The number of amides is 2. The number of rotatable bonds is 5. The van der Waals surface area contributed by atoms with Crippen molar-refractivity contribution in [2.75, 3.05) is 31.6 Å². The van der Waals surface area contributed by atoms with Gasteiger partial charge in [0.2, 0.25) is 5.91 Å². The molecule has 2 aromatic heterocycles. The second kappa shape index (κ2) is 9.14. The molecule has 0 unspecified atom stereocenters. The van der Waals surface area contributed by atoms with E-state index in [1.165, 1.54) is 16.8 Å². The van der Waals surface area contributed by atoms with Gasteiger partial charge in [-0.25, -0.2) is 4.98 Å². The fourth-order valence-corrected chi connectivity index (χ4v) is 3.50. The van der Waals surface area contributed by atoms with Crippen LogP contribution in [0.1, 0.15) is 21.7 Å². The molecule has 1 aromatic carbocycles. The lowest BCUT2D eigenvalue weighted by atomic mass is 10.1. The number of ether oxygens (including phenoxy) is 1. The number of morpholine rings is 1. The first-order chi connectivity index (χ1) is 16.1. The number of aliphatic hydroxyl groups excluding tert-OH is 1. The van der Waals surface area contributed by atoms with E-state index in [0.29, 0.717) is 37.2 Å². The van der Waals surface area contributed by atoms with Crippen molar-refractivity contribution in [3.8, 4) is 0 Å². The minimum absolute atomic E-state index is 0.0140. The summed E-state index contributed by atoms with van der Waals surface area (Å²) in [6.45, 7) is 5.38. The number of fused-ring (bicyclic) bond motifs is 1. The number of hydrogen-bond acceptors (Lipinski definition) is 6. The van der Waals surface area contributed by atoms with Crippen LogP contribution >= 0.6 is 0 Å². The van der Waals surface area contributed by atoms with Crippen molar-refractivity contribution < 1.29 is 32.6 Å². The van der Waals surface area contributed by atoms with Crippen molar-refractivity contribution >= 4 is 34.2 Å². The molecule has 0 saturated carbocycles. The number of benzene rings is 1. The van der Waals surface area contributed by atoms with E-state index in [1.54, 1.807) is 11.1 Å². The molecule has 1 aliphatic rings. The van der Waals surface area contributed by atoms with Crippen molar-refractivity contribution in [2.24, 2.45) is 0 Å². The molecule has 0 spiro atoms. The van der Waals surface area contributed by atoms with Crippen molar-refractivity contribution in [1.29, 1.82) is 0 Å². The minimum atomic E-state index is -4.70. The average Bonchev–Trinajstić information content (AvgIpc) is 3.19. The highest BCUT2D eigenvalue weighted by molar-refractivity contribution is 6.05. The van der Waals surface area contributed by atoms with Gasteiger partial charge in [0.05, 0.1) is 24.4 Å². The van der Waals surface area contributed by atoms with Crippen molar-refractivity contribution in [1.82, 2.24) is 19.7 Å². The van der Waals surface area contributed by atoms with E-state index in [2.05, 4.69) is 22.0 Å². The Morgan fingerprint density at radius 2 is 1.94 bits per heavy atom. The minimum Gasteiger partial charge on any atom is -0.508 e. The zero-order valence-corrected chi connectivity index (χ0v) is 17.8. The summed E-state index contributed by atoms with van der Waals surface area (Å²) in [4.78, 5) is 30.1. The Labute approximate surface area is 191 Å². The number of aromatic nitrogens is 3. The Hall–Kier alpha value is -3.93. The summed E-state index contributed by atoms with van der Waals surface area (Å²) < 4.78 is 45.5. The van der Waals surface area contributed by atoms with Crippen LogP contribution in [0.25, 0.3) is 16.7 Å². The number of nitrogens with one attached hydrogen (secondary N) is 1. The molecule has 2 N–H and O–H groups in total. The van der Waals surface area contributed by atoms with Crippen LogP contribution in [0.2, 0.25) is 0 Å². The highest BCUT2D eigenvalue weighted by Gasteiger charge is 2.33. The van der Waals surface area contributed by atoms with Gasteiger partial charge >= 0.3 is 6.18 Å². The maximum atomic E-state index is 12.9. The van der Waals surface area contributed by atoms with Gasteiger partial charge in [-0.1, -0.05) is 12.6 Å². The number of carbonyl (C=O) groups is 2. The van der Waals surface area contributed by atoms with Gasteiger partial charge in [-0.2, -0.15) is 18.3 Å². The zero-order chi connectivity index (χ0) is 24.5. The standard InChI is InChI=1S/C22H20F3N5O4/c1-13(31)15-10-17-14(11-30(28-17)12-20(32)29-5-7-34-8-6-29)9-18(15)27-21(33)16-3-2-4-19(26-16)22(23,24)25/h2-4,9-11,31H,1,5-8,12H2,(H,27,33). The van der Waals surface area contributed by atoms with Gasteiger partial charge in [-0.3, -0.25) is 14.3 Å². The van der Waals surface area contributed by atoms with Crippen molar-refractivity contribution in [3.05, 3.63) is 60.1 Å². The topological polar surface area (TPSA) is 110 Å². The maximum Gasteiger partial charge on any atom is 0.433 e. The third-order valence-electron chi connectivity index (χ3n) is 5.18. The lowest BCUT2D eigenvalue weighted by molar-refractivity contribution is -0.141. The highest BCUT2D eigenvalue weighted by Crippen LogP contribution is 2.29. The molecule has 12 heteroatoms. The van der Waals surface area contributed by atoms with Crippen LogP contribution in [0.3, 0.4) is 0 Å². The fourth-order valence-electron chi connectivity index (χ4n) is 3.50. The molecule has 34 heavy (non-hydrogen) atoms. The highest BCUT2D eigenvalue weighted by atomic mass is 19.4. The Morgan fingerprint density at radius 1 is 1.21 bits per heavy atom. The maximum absolute atomic E-state index is 12.9. The lowest BCUT2D eigenvalue weighted by Gasteiger charge is -2.26. The normalized spacial score (nSPS) is 14.3. The molecule has 0 bridgehead atoms. The van der Waals surface area contributed by atoms with Crippen LogP contribution in [0.15, 0.2) is 43.1 Å². The molecular weight excluding hydrogens is 455 g/mol. The molecule has 0 radical (unpaired) electrons. The summed E-state index contributed by atoms with van der Waals surface area (Å²) in [5.41, 5.74) is -0.999. The molecule has 9 nitrogen and oxygen atoms in total. The van der Waals surface area contributed by atoms with Crippen molar-refractivity contribution in [3.63, 3.8) is 0 Å². The Kier molecular flexibility index (Phi) is 6.24. The number of anilines is 1. The molecule has 0 aliphatic carbocycles. The van der Waals surface area contributed by atoms with Gasteiger partial charge in [-0.05, 0) is 24.3 Å². The average molecular weight is 475 g/mol. The largest absolute Gasteiger partial charge is 0.508 e. The van der Waals surface area contributed by atoms with Gasteiger partial charge in [0.1, 0.15) is 23.7 Å². The summed E-state index contributed by atoms with van der Waals surface area (Å²) >= 11 is 0. The molecule has 1 fully saturated rings. The molecule has 0 atom stereocenters. The molecule has 2 amide bonds. The first-order valence-electron chi connectivity index (χ1n) is 10.2. The second-order valence-electron chi connectivity index (χ2n) is 7.58. The number of hydrogen-bond donors (Lipinski definition) is 2. The summed E-state index contributed by atoms with van der Waals surface area (Å²) in [6.07, 6.45) is -3.11. The van der Waals surface area contributed by atoms with E-state index in [-0.39, 0.29) is 29.5 Å². The molecule has 3 heterocycles. The Morgan fingerprint density at radius 3 is 2.62 bits per heavy atom. The van der Waals surface area contributed by atoms with E-state index in [1.807, 2.05) is 0 Å². The van der Waals surface area contributed by atoms with Gasteiger partial charge < -0.3 is 20.1 Å². The Balaban J connectivity index is 1.59. The smallest absolute Gasteiger partial charge is 0.433 e. The van der Waals surface area contributed by atoms with Gasteiger partial charge in [0.25, 0.3) is 5.91 Å². The van der Waals surface area contributed by atoms with E-state index >= 15 is 0 Å². The van der Waals surface area contributed by atoms with Crippen molar-refractivity contribution in [2.45, 2.75) is 12.7 Å². The molecule has 3 aromatic rings. The van der Waals surface area contributed by atoms with Crippen LogP contribution in [0.4, 0.5) is 18.9 Å². The predicted molar refractivity (Wildman–Crippen MR) is 116 cm³/mol. The number of nitrogens with zero attached hydrogens (tertiary/aromatic N) is 4. The monoisotopic (exact) mass is 475 g/mol. The molecule has 1 saturated heterocycles. The quantitative estimate of drug-likeness (QED) is 0.549. The molecule has 4 rings (SSSR count). The number of aliphatic hydroxyl groups is 1. The molecular formula is C22H20F3N5O4. The van der Waals surface area contributed by atoms with Crippen LogP contribution < -0.4 is 5.32 Å². The summed E-state index contributed by atoms with van der Waals surface area (Å²) in [6, 6.07) is 5.93. The number of pyridine rings is 1. The van der Waals surface area contributed by atoms with E-state index in [0.717, 1.165) is 18.2 Å². The van der Waals surface area contributed by atoms with E-state index in [9.17, 15) is 27.9 Å². The summed E-state index contributed by atoms with van der Waals surface area (Å²) in [7, 11) is 0. The number of halogens is 3. The second-order valence-corrected chi connectivity index (χ2v) is 7.58. The van der Waals surface area contributed by atoms with Gasteiger partial charge in [-0.15, -0.1) is 0 Å². The van der Waals surface area contributed by atoms with Gasteiger partial charge in [0, 0.05) is 30.2 Å². The lowest BCUT2D eigenvalue weighted by Crippen LogP contribution is -2.42. The fraction of sp³-hybridized carbons (Fsp3) is 0.273. The first-order valence-corrected chi connectivity index (χ1v) is 10.2. The Bertz CT molecular complexity index is 1270. The first kappa shape index (κ1) is 23.2. The summed E-state index contributed by atoms with van der Waals surface area (Å²) in [5.74, 6) is -1.41.